The molecular weight excluding hydrogens is 308 g/mol. The lowest BCUT2D eigenvalue weighted by Crippen LogP contribution is -2.41. The van der Waals surface area contributed by atoms with E-state index in [9.17, 15) is 9.59 Å². The summed E-state index contributed by atoms with van der Waals surface area (Å²) in [6.07, 6.45) is 1.81. The first-order chi connectivity index (χ1) is 11.4. The average Bonchev–Trinajstić information content (AvgIpc) is 2.53. The Morgan fingerprint density at radius 3 is 2.46 bits per heavy atom. The molecule has 24 heavy (non-hydrogen) atoms. The second-order valence-electron chi connectivity index (χ2n) is 5.49. The van der Waals surface area contributed by atoms with Crippen LogP contribution >= 0.6 is 0 Å². The third-order valence-corrected chi connectivity index (χ3v) is 3.33. The van der Waals surface area contributed by atoms with Crippen LogP contribution in [0.25, 0.3) is 0 Å². The van der Waals surface area contributed by atoms with E-state index in [-0.39, 0.29) is 6.61 Å². The Kier molecular flexibility index (Phi) is 6.16. The van der Waals surface area contributed by atoms with Crippen molar-refractivity contribution in [1.82, 2.24) is 0 Å². The van der Waals surface area contributed by atoms with Gasteiger partial charge in [0.1, 0.15) is 24.9 Å². The van der Waals surface area contributed by atoms with Gasteiger partial charge in [-0.15, -0.1) is 0 Å². The molecule has 0 aromatic heterocycles. The van der Waals surface area contributed by atoms with Crippen LogP contribution in [0.3, 0.4) is 0 Å². The van der Waals surface area contributed by atoms with Crippen LogP contribution < -0.4 is 0 Å². The molecule has 0 amide bonds. The van der Waals surface area contributed by atoms with Gasteiger partial charge in [-0.25, -0.2) is 0 Å². The molecule has 0 spiro atoms. The van der Waals surface area contributed by atoms with E-state index >= 15 is 0 Å². The summed E-state index contributed by atoms with van der Waals surface area (Å²) in [5.74, 6) is 5.20. The topological polar surface area (TPSA) is 61.8 Å². The van der Waals surface area contributed by atoms with Crippen LogP contribution in [0.2, 0.25) is 0 Å². The number of ether oxygens (including phenoxy) is 3. The van der Waals surface area contributed by atoms with Gasteiger partial charge in [-0.1, -0.05) is 29.5 Å². The SMILES string of the molecule is CC(=O)OC[C@H]1O[C@H](C#Cc2ccc(C)cc2)C=C[C@@H]1OC(C)=O. The molecule has 126 valence electrons. The summed E-state index contributed by atoms with van der Waals surface area (Å²) in [5, 5.41) is 0. The van der Waals surface area contributed by atoms with Crippen molar-refractivity contribution in [3.8, 4) is 11.8 Å². The predicted molar refractivity (Wildman–Crippen MR) is 88.0 cm³/mol. The van der Waals surface area contributed by atoms with E-state index in [1.807, 2.05) is 31.2 Å². The number of aryl methyl sites for hydroxylation is 1. The Morgan fingerprint density at radius 2 is 1.83 bits per heavy atom. The number of rotatable bonds is 3. The largest absolute Gasteiger partial charge is 0.463 e. The van der Waals surface area contributed by atoms with Gasteiger partial charge in [0, 0.05) is 19.4 Å². The number of carbonyl (C=O) groups excluding carboxylic acids is 2. The zero-order valence-corrected chi connectivity index (χ0v) is 13.9. The Labute approximate surface area is 141 Å². The first-order valence-electron chi connectivity index (χ1n) is 7.66. The molecule has 0 radical (unpaired) electrons. The number of carbonyl (C=O) groups is 2. The van der Waals surface area contributed by atoms with Gasteiger partial charge >= 0.3 is 11.9 Å². The first kappa shape index (κ1) is 17.8. The highest BCUT2D eigenvalue weighted by atomic mass is 16.6. The molecule has 2 rings (SSSR count). The Bertz CT molecular complexity index is 678. The molecule has 0 aliphatic carbocycles. The number of hydrogen-bond acceptors (Lipinski definition) is 5. The fraction of sp³-hybridized carbons (Fsp3) is 0.368. The van der Waals surface area contributed by atoms with E-state index in [4.69, 9.17) is 14.2 Å². The lowest BCUT2D eigenvalue weighted by Gasteiger charge is -2.29. The maximum atomic E-state index is 11.2. The number of benzene rings is 1. The minimum absolute atomic E-state index is 0.000329. The molecule has 0 saturated heterocycles. The molecule has 0 unspecified atom stereocenters. The molecule has 5 heteroatoms. The number of hydrogen-bond donors (Lipinski definition) is 0. The van der Waals surface area contributed by atoms with Gasteiger partial charge in [0.15, 0.2) is 0 Å². The summed E-state index contributed by atoms with van der Waals surface area (Å²) in [4.78, 5) is 22.2. The van der Waals surface area contributed by atoms with E-state index in [0.29, 0.717) is 0 Å². The van der Waals surface area contributed by atoms with Crippen LogP contribution in [0.15, 0.2) is 36.4 Å². The molecular formula is C19H20O5. The highest BCUT2D eigenvalue weighted by Gasteiger charge is 2.29. The van der Waals surface area contributed by atoms with Crippen molar-refractivity contribution in [2.75, 3.05) is 6.61 Å². The van der Waals surface area contributed by atoms with E-state index in [0.717, 1.165) is 5.56 Å². The normalized spacial score (nSPS) is 22.2. The standard InChI is InChI=1S/C19H20O5/c1-13-4-6-16(7-5-13)8-9-17-10-11-18(23-15(3)21)19(24-17)12-22-14(2)20/h4-7,10-11,17-19H,12H2,1-3H3/t17-,18+,19-/m1/s1. The minimum Gasteiger partial charge on any atom is -0.463 e. The fourth-order valence-corrected chi connectivity index (χ4v) is 2.16. The first-order valence-corrected chi connectivity index (χ1v) is 7.66. The van der Waals surface area contributed by atoms with Crippen LogP contribution in [0.4, 0.5) is 0 Å². The maximum Gasteiger partial charge on any atom is 0.303 e. The molecule has 1 heterocycles. The minimum atomic E-state index is -0.598. The fourth-order valence-electron chi connectivity index (χ4n) is 2.16. The van der Waals surface area contributed by atoms with E-state index in [2.05, 4.69) is 11.8 Å². The smallest absolute Gasteiger partial charge is 0.303 e. The van der Waals surface area contributed by atoms with Gasteiger partial charge in [0.25, 0.3) is 0 Å². The van der Waals surface area contributed by atoms with Gasteiger partial charge < -0.3 is 14.2 Å². The predicted octanol–water partition coefficient (Wildman–Crippen LogP) is 2.16. The van der Waals surface area contributed by atoms with Crippen molar-refractivity contribution in [2.24, 2.45) is 0 Å². The Hall–Kier alpha value is -2.58. The molecule has 1 aromatic carbocycles. The van der Waals surface area contributed by atoms with Gasteiger partial charge in [0.2, 0.25) is 0 Å². The summed E-state index contributed by atoms with van der Waals surface area (Å²) >= 11 is 0. The monoisotopic (exact) mass is 328 g/mol. The van der Waals surface area contributed by atoms with Crippen LogP contribution in [0.5, 0.6) is 0 Å². The molecule has 0 N–H and O–H groups in total. The Balaban J connectivity index is 2.08. The third-order valence-electron chi connectivity index (χ3n) is 3.33. The summed E-state index contributed by atoms with van der Waals surface area (Å²) < 4.78 is 15.9. The second kappa shape index (κ2) is 8.32. The quantitative estimate of drug-likeness (QED) is 0.483. The van der Waals surface area contributed by atoms with E-state index < -0.39 is 30.3 Å². The molecule has 3 atom stereocenters. The number of esters is 2. The summed E-state index contributed by atoms with van der Waals surface area (Å²) in [6.45, 7) is 4.65. The molecule has 1 aromatic rings. The van der Waals surface area contributed by atoms with Crippen LogP contribution in [0.1, 0.15) is 25.0 Å². The van der Waals surface area contributed by atoms with Gasteiger partial charge in [-0.3, -0.25) is 9.59 Å². The van der Waals surface area contributed by atoms with E-state index in [1.165, 1.54) is 19.4 Å². The van der Waals surface area contributed by atoms with Crippen molar-refractivity contribution < 1.29 is 23.8 Å². The highest BCUT2D eigenvalue weighted by molar-refractivity contribution is 5.67. The molecule has 1 aliphatic heterocycles. The highest BCUT2D eigenvalue weighted by Crippen LogP contribution is 2.17. The maximum absolute atomic E-state index is 11.2. The molecule has 0 bridgehead atoms. The lowest BCUT2D eigenvalue weighted by atomic mass is 10.1. The molecule has 1 aliphatic rings. The van der Waals surface area contributed by atoms with Crippen LogP contribution in [-0.4, -0.2) is 36.9 Å². The zero-order chi connectivity index (χ0) is 17.5. The second-order valence-corrected chi connectivity index (χ2v) is 5.49. The third kappa shape index (κ3) is 5.56. The summed E-state index contributed by atoms with van der Waals surface area (Å²) in [7, 11) is 0. The summed E-state index contributed by atoms with van der Waals surface area (Å²) in [6, 6.07) is 7.85. The van der Waals surface area contributed by atoms with Crippen molar-refractivity contribution in [3.63, 3.8) is 0 Å². The van der Waals surface area contributed by atoms with Crippen molar-refractivity contribution in [1.29, 1.82) is 0 Å². The van der Waals surface area contributed by atoms with Crippen LogP contribution in [-0.2, 0) is 23.8 Å². The molecule has 0 fully saturated rings. The van der Waals surface area contributed by atoms with Crippen molar-refractivity contribution in [2.45, 2.75) is 39.1 Å². The van der Waals surface area contributed by atoms with Gasteiger partial charge in [-0.2, -0.15) is 0 Å². The van der Waals surface area contributed by atoms with E-state index in [1.54, 1.807) is 12.2 Å². The molecule has 0 saturated carbocycles. The summed E-state index contributed by atoms with van der Waals surface area (Å²) in [5.41, 5.74) is 2.05. The zero-order valence-electron chi connectivity index (χ0n) is 13.9. The Morgan fingerprint density at radius 1 is 1.12 bits per heavy atom. The van der Waals surface area contributed by atoms with Crippen LogP contribution in [0, 0.1) is 18.8 Å². The average molecular weight is 328 g/mol. The van der Waals surface area contributed by atoms with Gasteiger partial charge in [-0.05, 0) is 31.2 Å². The van der Waals surface area contributed by atoms with Crippen molar-refractivity contribution in [3.05, 3.63) is 47.5 Å². The van der Waals surface area contributed by atoms with Crippen molar-refractivity contribution >= 4 is 11.9 Å². The molecule has 5 nitrogen and oxygen atoms in total. The lowest BCUT2D eigenvalue weighted by molar-refractivity contribution is -0.161. The van der Waals surface area contributed by atoms with Gasteiger partial charge in [0.05, 0.1) is 0 Å².